The second-order valence-electron chi connectivity index (χ2n) is 4.19. The molecule has 0 spiro atoms. The molecule has 0 unspecified atom stereocenters. The van der Waals surface area contributed by atoms with E-state index < -0.39 is 10.9 Å². The highest BCUT2D eigenvalue weighted by Crippen LogP contribution is 2.30. The number of benzene rings is 1. The number of hydrogen-bond donors (Lipinski definition) is 1. The minimum atomic E-state index is -1.19. The molecule has 1 heterocycles. The third-order valence-corrected chi connectivity index (χ3v) is 2.89. The van der Waals surface area contributed by atoms with E-state index in [4.69, 9.17) is 25.9 Å². The number of hydrogen-bond acceptors (Lipinski definition) is 5. The molecule has 0 amide bonds. The largest absolute Gasteiger partial charge is 0.479 e. The Hall–Kier alpha value is -2.54. The van der Waals surface area contributed by atoms with Gasteiger partial charge in [0.15, 0.2) is 5.75 Å². The maximum Gasteiger partial charge on any atom is 0.372 e. The van der Waals surface area contributed by atoms with Gasteiger partial charge in [0.1, 0.15) is 12.4 Å². The number of halogens is 1. The van der Waals surface area contributed by atoms with Gasteiger partial charge in [-0.25, -0.2) is 4.79 Å². The topological polar surface area (TPSA) is 103 Å². The molecule has 110 valence electrons. The van der Waals surface area contributed by atoms with E-state index in [0.29, 0.717) is 5.56 Å². The summed E-state index contributed by atoms with van der Waals surface area (Å²) >= 11 is 5.77. The van der Waals surface area contributed by atoms with Crippen molar-refractivity contribution in [3.8, 4) is 5.75 Å². The van der Waals surface area contributed by atoms with Crippen molar-refractivity contribution in [2.75, 3.05) is 0 Å². The molecule has 0 saturated carbocycles. The van der Waals surface area contributed by atoms with Crippen molar-refractivity contribution >= 4 is 23.3 Å². The summed E-state index contributed by atoms with van der Waals surface area (Å²) in [6.45, 7) is 1.44. The van der Waals surface area contributed by atoms with Crippen LogP contribution in [0, 0.1) is 17.0 Å². The van der Waals surface area contributed by atoms with Gasteiger partial charge < -0.3 is 14.3 Å². The Morgan fingerprint density at radius 2 is 2.19 bits per heavy atom. The van der Waals surface area contributed by atoms with Crippen molar-refractivity contribution in [3.05, 3.63) is 56.5 Å². The Labute approximate surface area is 123 Å². The van der Waals surface area contributed by atoms with E-state index in [1.807, 2.05) is 0 Å². The Bertz CT molecular complexity index is 709. The van der Waals surface area contributed by atoms with Crippen molar-refractivity contribution < 1.29 is 24.0 Å². The number of furan rings is 1. The third kappa shape index (κ3) is 3.32. The summed E-state index contributed by atoms with van der Waals surface area (Å²) in [4.78, 5) is 21.1. The lowest BCUT2D eigenvalue weighted by atomic mass is 10.2. The van der Waals surface area contributed by atoms with Crippen molar-refractivity contribution in [2.45, 2.75) is 13.5 Å². The monoisotopic (exact) mass is 311 g/mol. The number of carboxylic acids is 1. The minimum absolute atomic E-state index is 0.0153. The van der Waals surface area contributed by atoms with E-state index >= 15 is 0 Å². The normalized spacial score (nSPS) is 10.4. The van der Waals surface area contributed by atoms with E-state index in [1.54, 1.807) is 6.92 Å². The number of aryl methyl sites for hydroxylation is 1. The number of nitrogens with zero attached hydrogens (tertiary/aromatic N) is 1. The SMILES string of the molecule is Cc1cc(COc2cc(Cl)ccc2[N+](=O)[O-])oc1C(=O)O. The Kier molecular flexibility index (Phi) is 4.13. The zero-order valence-electron chi connectivity index (χ0n) is 10.8. The second-order valence-corrected chi connectivity index (χ2v) is 4.62. The molecule has 0 aliphatic rings. The molecular formula is C13H10ClNO6. The molecule has 21 heavy (non-hydrogen) atoms. The predicted octanol–water partition coefficient (Wildman–Crippen LogP) is 3.43. The van der Waals surface area contributed by atoms with E-state index in [9.17, 15) is 14.9 Å². The fourth-order valence-corrected chi connectivity index (χ4v) is 1.90. The maximum absolute atomic E-state index is 10.9. The molecule has 2 aromatic rings. The number of aromatic carboxylic acids is 1. The van der Waals surface area contributed by atoms with Gasteiger partial charge in [0.2, 0.25) is 5.76 Å². The van der Waals surface area contributed by atoms with Crippen LogP contribution in [0.4, 0.5) is 5.69 Å². The van der Waals surface area contributed by atoms with E-state index in [1.165, 1.54) is 24.3 Å². The average molecular weight is 312 g/mol. The molecule has 0 saturated heterocycles. The van der Waals surface area contributed by atoms with Gasteiger partial charge in [-0.05, 0) is 19.1 Å². The van der Waals surface area contributed by atoms with Gasteiger partial charge in [-0.15, -0.1) is 0 Å². The first kappa shape index (κ1) is 14.9. The lowest BCUT2D eigenvalue weighted by Crippen LogP contribution is -1.98. The van der Waals surface area contributed by atoms with Gasteiger partial charge in [0.05, 0.1) is 4.92 Å². The highest BCUT2D eigenvalue weighted by atomic mass is 35.5. The van der Waals surface area contributed by atoms with Gasteiger partial charge in [0, 0.05) is 22.7 Å². The van der Waals surface area contributed by atoms with Crippen LogP contribution >= 0.6 is 11.6 Å². The quantitative estimate of drug-likeness (QED) is 0.670. The maximum atomic E-state index is 10.9. The van der Waals surface area contributed by atoms with Gasteiger partial charge >= 0.3 is 11.7 Å². The zero-order valence-corrected chi connectivity index (χ0v) is 11.6. The van der Waals surface area contributed by atoms with Crippen LogP contribution in [0.15, 0.2) is 28.7 Å². The van der Waals surface area contributed by atoms with Crippen LogP contribution in [0.3, 0.4) is 0 Å². The molecule has 0 aliphatic carbocycles. The first-order valence-corrected chi connectivity index (χ1v) is 6.15. The molecular weight excluding hydrogens is 302 g/mol. The molecule has 0 atom stereocenters. The van der Waals surface area contributed by atoms with Gasteiger partial charge in [-0.1, -0.05) is 11.6 Å². The number of carbonyl (C=O) groups is 1. The fraction of sp³-hybridized carbons (Fsp3) is 0.154. The van der Waals surface area contributed by atoms with Gasteiger partial charge in [0.25, 0.3) is 0 Å². The van der Waals surface area contributed by atoms with Crippen molar-refractivity contribution in [3.63, 3.8) is 0 Å². The molecule has 2 rings (SSSR count). The van der Waals surface area contributed by atoms with Crippen LogP contribution in [-0.4, -0.2) is 16.0 Å². The molecule has 0 radical (unpaired) electrons. The highest BCUT2D eigenvalue weighted by Gasteiger charge is 2.18. The highest BCUT2D eigenvalue weighted by molar-refractivity contribution is 6.30. The molecule has 0 bridgehead atoms. The van der Waals surface area contributed by atoms with Gasteiger partial charge in [-0.3, -0.25) is 10.1 Å². The first-order valence-electron chi connectivity index (χ1n) is 5.78. The van der Waals surface area contributed by atoms with Crippen LogP contribution in [0.25, 0.3) is 0 Å². The zero-order chi connectivity index (χ0) is 15.6. The van der Waals surface area contributed by atoms with Crippen LogP contribution in [0.1, 0.15) is 21.9 Å². The Balaban J connectivity index is 2.20. The molecule has 8 heteroatoms. The van der Waals surface area contributed by atoms with Crippen LogP contribution < -0.4 is 4.74 Å². The smallest absolute Gasteiger partial charge is 0.372 e. The molecule has 7 nitrogen and oxygen atoms in total. The first-order chi connectivity index (χ1) is 9.88. The number of rotatable bonds is 5. The van der Waals surface area contributed by atoms with E-state index in [2.05, 4.69) is 0 Å². The average Bonchev–Trinajstić information content (AvgIpc) is 2.77. The summed E-state index contributed by atoms with van der Waals surface area (Å²) in [7, 11) is 0. The predicted molar refractivity (Wildman–Crippen MR) is 72.8 cm³/mol. The number of carboxylic acid groups (broad SMARTS) is 1. The molecule has 1 aromatic carbocycles. The minimum Gasteiger partial charge on any atom is -0.479 e. The summed E-state index contributed by atoms with van der Waals surface area (Å²) < 4.78 is 10.4. The lowest BCUT2D eigenvalue weighted by Gasteiger charge is -2.05. The third-order valence-electron chi connectivity index (χ3n) is 2.65. The second kappa shape index (κ2) is 5.84. The molecule has 0 aliphatic heterocycles. The molecule has 1 N–H and O–H groups in total. The van der Waals surface area contributed by atoms with Crippen molar-refractivity contribution in [2.24, 2.45) is 0 Å². The summed E-state index contributed by atoms with van der Waals surface area (Å²) in [5, 5.41) is 20.0. The summed E-state index contributed by atoms with van der Waals surface area (Å²) in [5.74, 6) is -1.14. The number of nitro benzene ring substituents is 1. The Morgan fingerprint density at radius 3 is 2.76 bits per heavy atom. The standard InChI is InChI=1S/C13H10ClNO6/c1-7-4-9(21-12(7)13(16)17)6-20-11-5-8(14)2-3-10(11)15(18)19/h2-5H,6H2,1H3,(H,16,17). The van der Waals surface area contributed by atoms with E-state index in [0.717, 1.165) is 0 Å². The van der Waals surface area contributed by atoms with Gasteiger partial charge in [-0.2, -0.15) is 0 Å². The van der Waals surface area contributed by atoms with Crippen molar-refractivity contribution in [1.29, 1.82) is 0 Å². The molecule has 1 aromatic heterocycles. The summed E-state index contributed by atoms with van der Waals surface area (Å²) in [6, 6.07) is 5.42. The van der Waals surface area contributed by atoms with Crippen molar-refractivity contribution in [1.82, 2.24) is 0 Å². The van der Waals surface area contributed by atoms with E-state index in [-0.39, 0.29) is 34.6 Å². The summed E-state index contributed by atoms with van der Waals surface area (Å²) in [5.41, 5.74) is 0.211. The van der Waals surface area contributed by atoms with Crippen LogP contribution in [0.5, 0.6) is 5.75 Å². The Morgan fingerprint density at radius 1 is 1.48 bits per heavy atom. The van der Waals surface area contributed by atoms with Crippen LogP contribution in [-0.2, 0) is 6.61 Å². The number of ether oxygens (including phenoxy) is 1. The summed E-state index contributed by atoms with van der Waals surface area (Å²) in [6.07, 6.45) is 0. The van der Waals surface area contributed by atoms with Crippen LogP contribution in [0.2, 0.25) is 5.02 Å². The fourth-order valence-electron chi connectivity index (χ4n) is 1.73. The number of nitro groups is 1. The molecule has 0 fully saturated rings. The lowest BCUT2D eigenvalue weighted by molar-refractivity contribution is -0.386.